The van der Waals surface area contributed by atoms with Crippen LogP contribution in [0.2, 0.25) is 5.02 Å². The van der Waals surface area contributed by atoms with Crippen molar-refractivity contribution < 1.29 is 4.79 Å². The van der Waals surface area contributed by atoms with Gasteiger partial charge in [0.25, 0.3) is 5.56 Å². The van der Waals surface area contributed by atoms with Crippen molar-refractivity contribution in [1.29, 1.82) is 0 Å². The Labute approximate surface area is 142 Å². The SMILES string of the molecule is CCn1c2c(c(=O)n(CC)c1=O)C(c1cccc(Cl)c1)NC(=O)N2. The Hall–Kier alpha value is -2.54. The fourth-order valence-corrected chi connectivity index (χ4v) is 3.17. The van der Waals surface area contributed by atoms with Crippen LogP contribution in [0.1, 0.15) is 31.0 Å². The van der Waals surface area contributed by atoms with Crippen LogP contribution in [-0.2, 0) is 13.1 Å². The summed E-state index contributed by atoms with van der Waals surface area (Å²) >= 11 is 6.04. The molecule has 2 heterocycles. The second-order valence-electron chi connectivity index (χ2n) is 5.43. The lowest BCUT2D eigenvalue weighted by Crippen LogP contribution is -2.50. The van der Waals surface area contributed by atoms with Crippen LogP contribution in [0.5, 0.6) is 0 Å². The molecule has 1 aliphatic rings. The number of benzene rings is 1. The van der Waals surface area contributed by atoms with Crippen LogP contribution in [0, 0.1) is 0 Å². The quantitative estimate of drug-likeness (QED) is 0.888. The largest absolute Gasteiger partial charge is 0.332 e. The summed E-state index contributed by atoms with van der Waals surface area (Å²) in [5.74, 6) is 0.242. The first-order valence-electron chi connectivity index (χ1n) is 7.68. The molecule has 0 saturated heterocycles. The van der Waals surface area contributed by atoms with Crippen LogP contribution >= 0.6 is 11.6 Å². The maximum absolute atomic E-state index is 12.8. The van der Waals surface area contributed by atoms with Crippen molar-refractivity contribution in [3.05, 3.63) is 61.3 Å². The van der Waals surface area contributed by atoms with E-state index in [-0.39, 0.29) is 12.4 Å². The minimum atomic E-state index is -0.670. The second kappa shape index (κ2) is 6.16. The van der Waals surface area contributed by atoms with Crippen molar-refractivity contribution in [1.82, 2.24) is 14.5 Å². The maximum Gasteiger partial charge on any atom is 0.332 e. The average Bonchev–Trinajstić information content (AvgIpc) is 2.55. The van der Waals surface area contributed by atoms with Gasteiger partial charge in [0, 0.05) is 18.1 Å². The van der Waals surface area contributed by atoms with Gasteiger partial charge in [-0.15, -0.1) is 0 Å². The fourth-order valence-electron chi connectivity index (χ4n) is 2.97. The third-order valence-electron chi connectivity index (χ3n) is 4.07. The number of fused-ring (bicyclic) bond motifs is 1. The molecule has 0 aliphatic carbocycles. The number of nitrogens with one attached hydrogen (secondary N) is 2. The second-order valence-corrected chi connectivity index (χ2v) is 5.86. The molecule has 1 aromatic heterocycles. The smallest absolute Gasteiger partial charge is 0.327 e. The van der Waals surface area contributed by atoms with Crippen LogP contribution in [0.15, 0.2) is 33.9 Å². The van der Waals surface area contributed by atoms with Gasteiger partial charge in [0.2, 0.25) is 0 Å². The summed E-state index contributed by atoms with van der Waals surface area (Å²) < 4.78 is 2.57. The van der Waals surface area contributed by atoms with E-state index in [0.717, 1.165) is 0 Å². The lowest BCUT2D eigenvalue weighted by molar-refractivity contribution is 0.248. The summed E-state index contributed by atoms with van der Waals surface area (Å²) in [5.41, 5.74) is 0.162. The van der Waals surface area contributed by atoms with Crippen molar-refractivity contribution in [3.63, 3.8) is 0 Å². The monoisotopic (exact) mass is 348 g/mol. The van der Waals surface area contributed by atoms with Gasteiger partial charge >= 0.3 is 11.7 Å². The number of hydrogen-bond donors (Lipinski definition) is 2. The van der Waals surface area contributed by atoms with Gasteiger partial charge in [-0.25, -0.2) is 9.59 Å². The van der Waals surface area contributed by atoms with Gasteiger partial charge < -0.3 is 5.32 Å². The number of hydrogen-bond acceptors (Lipinski definition) is 3. The highest BCUT2D eigenvalue weighted by molar-refractivity contribution is 6.30. The summed E-state index contributed by atoms with van der Waals surface area (Å²) in [6.07, 6.45) is 0. The van der Waals surface area contributed by atoms with Crippen LogP contribution in [0.4, 0.5) is 10.6 Å². The predicted molar refractivity (Wildman–Crippen MR) is 91.8 cm³/mol. The van der Waals surface area contributed by atoms with Crippen LogP contribution < -0.4 is 21.9 Å². The molecule has 1 unspecified atom stereocenters. The number of aromatic nitrogens is 2. The van der Waals surface area contributed by atoms with Crippen molar-refractivity contribution in [2.75, 3.05) is 5.32 Å². The standard InChI is InChI=1S/C16H17ClN4O3/c1-3-20-13-11(14(22)21(4-2)16(20)24)12(18-15(23)19-13)9-6-5-7-10(17)8-9/h5-8,12H,3-4H2,1-2H3,(H2,18,19,23). The fraction of sp³-hybridized carbons (Fsp3) is 0.312. The first-order valence-corrected chi connectivity index (χ1v) is 8.06. The zero-order chi connectivity index (χ0) is 17.4. The van der Waals surface area contributed by atoms with Gasteiger partial charge in [-0.2, -0.15) is 0 Å². The van der Waals surface area contributed by atoms with Gasteiger partial charge in [0.15, 0.2) is 0 Å². The Morgan fingerprint density at radius 3 is 2.46 bits per heavy atom. The molecular formula is C16H17ClN4O3. The number of halogens is 1. The molecule has 8 heteroatoms. The van der Waals surface area contributed by atoms with Gasteiger partial charge in [0.05, 0.1) is 11.6 Å². The minimum Gasteiger partial charge on any atom is -0.327 e. The third-order valence-corrected chi connectivity index (χ3v) is 4.31. The average molecular weight is 349 g/mol. The van der Waals surface area contributed by atoms with E-state index in [1.807, 2.05) is 0 Å². The molecule has 0 spiro atoms. The van der Waals surface area contributed by atoms with E-state index in [4.69, 9.17) is 11.6 Å². The van der Waals surface area contributed by atoms with E-state index < -0.39 is 23.3 Å². The summed E-state index contributed by atoms with van der Waals surface area (Å²) in [6.45, 7) is 4.11. The Bertz CT molecular complexity index is 932. The van der Waals surface area contributed by atoms with E-state index in [0.29, 0.717) is 22.7 Å². The molecule has 2 amide bonds. The molecule has 0 radical (unpaired) electrons. The lowest BCUT2D eigenvalue weighted by Gasteiger charge is -2.29. The number of nitrogens with zero attached hydrogens (tertiary/aromatic N) is 2. The molecule has 1 atom stereocenters. The molecule has 126 valence electrons. The van der Waals surface area contributed by atoms with Crippen LogP contribution in [0.3, 0.4) is 0 Å². The highest BCUT2D eigenvalue weighted by Crippen LogP contribution is 2.29. The van der Waals surface area contributed by atoms with E-state index >= 15 is 0 Å². The number of anilines is 1. The van der Waals surface area contributed by atoms with Crippen molar-refractivity contribution in [3.8, 4) is 0 Å². The van der Waals surface area contributed by atoms with Gasteiger partial charge in [-0.05, 0) is 31.5 Å². The van der Waals surface area contributed by atoms with E-state index in [1.54, 1.807) is 38.1 Å². The lowest BCUT2D eigenvalue weighted by atomic mass is 9.98. The molecule has 0 saturated carbocycles. The number of carbonyl (C=O) groups excluding carboxylic acids is 1. The van der Waals surface area contributed by atoms with Gasteiger partial charge in [-0.1, -0.05) is 23.7 Å². The highest BCUT2D eigenvalue weighted by Gasteiger charge is 2.32. The number of carbonyl (C=O) groups is 1. The van der Waals surface area contributed by atoms with Crippen molar-refractivity contribution >= 4 is 23.4 Å². The summed E-state index contributed by atoms with van der Waals surface area (Å²) in [5, 5.41) is 5.84. The first-order chi connectivity index (χ1) is 11.5. The Kier molecular flexibility index (Phi) is 4.19. The first kappa shape index (κ1) is 16.3. The van der Waals surface area contributed by atoms with Gasteiger partial charge in [-0.3, -0.25) is 19.2 Å². The number of urea groups is 1. The zero-order valence-electron chi connectivity index (χ0n) is 13.3. The van der Waals surface area contributed by atoms with E-state index in [9.17, 15) is 14.4 Å². The Morgan fingerprint density at radius 2 is 1.83 bits per heavy atom. The Balaban J connectivity index is 2.35. The molecule has 0 bridgehead atoms. The van der Waals surface area contributed by atoms with E-state index in [1.165, 1.54) is 9.13 Å². The third kappa shape index (κ3) is 2.50. The summed E-state index contributed by atoms with van der Waals surface area (Å²) in [4.78, 5) is 37.4. The molecule has 1 aliphatic heterocycles. The predicted octanol–water partition coefficient (Wildman–Crippen LogP) is 1.93. The molecule has 7 nitrogen and oxygen atoms in total. The number of amides is 2. The van der Waals surface area contributed by atoms with Crippen LogP contribution in [0.25, 0.3) is 0 Å². The molecule has 2 aromatic rings. The van der Waals surface area contributed by atoms with Crippen molar-refractivity contribution in [2.45, 2.75) is 33.0 Å². The minimum absolute atomic E-state index is 0.242. The van der Waals surface area contributed by atoms with Crippen molar-refractivity contribution in [2.24, 2.45) is 0 Å². The molecule has 2 N–H and O–H groups in total. The van der Waals surface area contributed by atoms with Gasteiger partial charge in [0.1, 0.15) is 5.82 Å². The normalized spacial score (nSPS) is 16.3. The molecule has 1 aromatic carbocycles. The topological polar surface area (TPSA) is 85.1 Å². The Morgan fingerprint density at radius 1 is 1.12 bits per heavy atom. The molecule has 0 fully saturated rings. The zero-order valence-corrected chi connectivity index (χ0v) is 14.1. The van der Waals surface area contributed by atoms with E-state index in [2.05, 4.69) is 10.6 Å². The molecule has 24 heavy (non-hydrogen) atoms. The molecule has 3 rings (SSSR count). The number of rotatable bonds is 3. The van der Waals surface area contributed by atoms with Crippen LogP contribution in [-0.4, -0.2) is 15.2 Å². The summed E-state index contributed by atoms with van der Waals surface area (Å²) in [6, 6.07) is 5.80. The molecular weight excluding hydrogens is 332 g/mol. The highest BCUT2D eigenvalue weighted by atomic mass is 35.5. The summed E-state index contributed by atoms with van der Waals surface area (Å²) in [7, 11) is 0. The maximum atomic E-state index is 12.8.